The Balaban J connectivity index is 1.93. The third-order valence-corrected chi connectivity index (χ3v) is 3.58. The molecule has 0 aliphatic heterocycles. The van der Waals surface area contributed by atoms with Crippen LogP contribution in [0.15, 0.2) is 48.5 Å². The van der Waals surface area contributed by atoms with Crippen LogP contribution in [0.1, 0.15) is 18.3 Å². The van der Waals surface area contributed by atoms with E-state index in [1.54, 1.807) is 0 Å². The molecule has 6 heteroatoms. The van der Waals surface area contributed by atoms with Gasteiger partial charge in [0.1, 0.15) is 18.2 Å². The van der Waals surface area contributed by atoms with E-state index in [-0.39, 0.29) is 6.61 Å². The minimum atomic E-state index is -4.37. The van der Waals surface area contributed by atoms with Crippen molar-refractivity contribution in [3.8, 4) is 5.75 Å². The van der Waals surface area contributed by atoms with Gasteiger partial charge in [-0.05, 0) is 37.3 Å². The second kappa shape index (κ2) is 5.95. The average Bonchev–Trinajstić information content (AvgIpc) is 2.89. The summed E-state index contributed by atoms with van der Waals surface area (Å²) in [4.78, 5) is 4.31. The summed E-state index contributed by atoms with van der Waals surface area (Å²) >= 11 is 0. The van der Waals surface area contributed by atoms with E-state index < -0.39 is 11.7 Å². The number of aromatic nitrogens is 2. The van der Waals surface area contributed by atoms with E-state index in [1.165, 1.54) is 6.07 Å². The second-order valence-electron chi connectivity index (χ2n) is 5.08. The first-order valence-corrected chi connectivity index (χ1v) is 7.23. The Morgan fingerprint density at radius 2 is 1.83 bits per heavy atom. The van der Waals surface area contributed by atoms with Crippen LogP contribution in [0.2, 0.25) is 0 Å². The van der Waals surface area contributed by atoms with Gasteiger partial charge in [-0.2, -0.15) is 13.2 Å². The van der Waals surface area contributed by atoms with E-state index in [4.69, 9.17) is 4.74 Å². The maximum absolute atomic E-state index is 12.8. The lowest BCUT2D eigenvalue weighted by atomic mass is 10.2. The van der Waals surface area contributed by atoms with Crippen LogP contribution >= 0.6 is 0 Å². The number of hydrogen-bond donors (Lipinski definition) is 0. The van der Waals surface area contributed by atoms with Crippen molar-refractivity contribution < 1.29 is 17.9 Å². The summed E-state index contributed by atoms with van der Waals surface area (Å²) in [5.74, 6) is 1.30. The van der Waals surface area contributed by atoms with Gasteiger partial charge < -0.3 is 9.30 Å². The van der Waals surface area contributed by atoms with Crippen molar-refractivity contribution in [1.82, 2.24) is 9.55 Å². The highest BCUT2D eigenvalue weighted by Crippen LogP contribution is 2.31. The molecule has 0 radical (unpaired) electrons. The summed E-state index contributed by atoms with van der Waals surface area (Å²) < 4.78 is 46.0. The number of para-hydroxylation sites is 1. The number of benzene rings is 2. The topological polar surface area (TPSA) is 27.1 Å². The monoisotopic (exact) mass is 320 g/mol. The van der Waals surface area contributed by atoms with Crippen LogP contribution in [0.4, 0.5) is 13.2 Å². The summed E-state index contributed by atoms with van der Waals surface area (Å²) in [5.41, 5.74) is 0.307. The predicted octanol–water partition coefficient (Wildman–Crippen LogP) is 4.65. The first kappa shape index (κ1) is 15.4. The molecule has 120 valence electrons. The Hall–Kier alpha value is -2.50. The number of halogens is 3. The molecular weight excluding hydrogens is 305 g/mol. The maximum Gasteiger partial charge on any atom is 0.416 e. The minimum absolute atomic E-state index is 0.202. The van der Waals surface area contributed by atoms with Crippen LogP contribution in [0, 0.1) is 0 Å². The highest BCUT2D eigenvalue weighted by Gasteiger charge is 2.31. The van der Waals surface area contributed by atoms with Crippen molar-refractivity contribution in [1.29, 1.82) is 0 Å². The van der Waals surface area contributed by atoms with E-state index in [0.29, 0.717) is 29.2 Å². The molecule has 0 saturated heterocycles. The molecular formula is C17H15F3N2O. The summed E-state index contributed by atoms with van der Waals surface area (Å²) in [6.45, 7) is 2.73. The molecule has 2 aromatic carbocycles. The van der Waals surface area contributed by atoms with Gasteiger partial charge in [-0.25, -0.2) is 4.98 Å². The van der Waals surface area contributed by atoms with Crippen molar-refractivity contribution in [2.75, 3.05) is 0 Å². The van der Waals surface area contributed by atoms with Gasteiger partial charge in [0, 0.05) is 6.54 Å². The Morgan fingerprint density at radius 1 is 1.09 bits per heavy atom. The maximum atomic E-state index is 12.8. The van der Waals surface area contributed by atoms with Gasteiger partial charge in [-0.3, -0.25) is 0 Å². The van der Waals surface area contributed by atoms with Crippen LogP contribution in [0.25, 0.3) is 11.0 Å². The summed E-state index contributed by atoms with van der Waals surface area (Å²) in [6.07, 6.45) is -4.37. The quantitative estimate of drug-likeness (QED) is 0.699. The van der Waals surface area contributed by atoms with Crippen LogP contribution in [-0.4, -0.2) is 9.55 Å². The highest BCUT2D eigenvalue weighted by atomic mass is 19.4. The molecule has 1 aromatic heterocycles. The third kappa shape index (κ3) is 3.16. The van der Waals surface area contributed by atoms with E-state index in [9.17, 15) is 13.2 Å². The Bertz CT molecular complexity index is 810. The zero-order valence-corrected chi connectivity index (χ0v) is 12.5. The molecule has 0 saturated carbocycles. The molecule has 0 atom stereocenters. The Kier molecular flexibility index (Phi) is 3.98. The van der Waals surface area contributed by atoms with Crippen molar-refractivity contribution >= 4 is 11.0 Å². The first-order chi connectivity index (χ1) is 11.0. The lowest BCUT2D eigenvalue weighted by molar-refractivity contribution is -0.137. The number of aryl methyl sites for hydroxylation is 1. The molecule has 0 fully saturated rings. The molecule has 0 bridgehead atoms. The molecule has 23 heavy (non-hydrogen) atoms. The van der Waals surface area contributed by atoms with Crippen molar-refractivity contribution in [3.05, 3.63) is 59.9 Å². The number of hydrogen-bond acceptors (Lipinski definition) is 2. The van der Waals surface area contributed by atoms with Gasteiger partial charge in [-0.15, -0.1) is 0 Å². The predicted molar refractivity (Wildman–Crippen MR) is 81.2 cm³/mol. The number of imidazole rings is 1. The first-order valence-electron chi connectivity index (χ1n) is 7.23. The fourth-order valence-corrected chi connectivity index (χ4v) is 2.48. The van der Waals surface area contributed by atoms with E-state index >= 15 is 0 Å². The SMILES string of the molecule is CCn1c(COc2ccccc2)nc2cc(C(F)(F)F)ccc21. The highest BCUT2D eigenvalue weighted by molar-refractivity contribution is 5.77. The smallest absolute Gasteiger partial charge is 0.416 e. The number of nitrogens with zero attached hydrogens (tertiary/aromatic N) is 2. The zero-order chi connectivity index (χ0) is 16.4. The largest absolute Gasteiger partial charge is 0.486 e. The normalized spacial score (nSPS) is 11.8. The summed E-state index contributed by atoms with van der Waals surface area (Å²) in [7, 11) is 0. The van der Waals surface area contributed by atoms with Crippen molar-refractivity contribution in [3.63, 3.8) is 0 Å². The van der Waals surface area contributed by atoms with Gasteiger partial charge in [0.25, 0.3) is 0 Å². The van der Waals surface area contributed by atoms with Gasteiger partial charge in [0.2, 0.25) is 0 Å². The molecule has 0 N–H and O–H groups in total. The van der Waals surface area contributed by atoms with E-state index in [1.807, 2.05) is 41.8 Å². The molecule has 0 aliphatic rings. The van der Waals surface area contributed by atoms with Crippen molar-refractivity contribution in [2.24, 2.45) is 0 Å². The third-order valence-electron chi connectivity index (χ3n) is 3.58. The number of ether oxygens (including phenoxy) is 1. The van der Waals surface area contributed by atoms with Crippen molar-refractivity contribution in [2.45, 2.75) is 26.3 Å². The van der Waals surface area contributed by atoms with E-state index in [0.717, 1.165) is 12.1 Å². The Labute approximate surface area is 131 Å². The standard InChI is InChI=1S/C17H15F3N2O/c1-2-22-15-9-8-12(17(18,19)20)10-14(15)21-16(22)11-23-13-6-4-3-5-7-13/h3-10H,2,11H2,1H3. The summed E-state index contributed by atoms with van der Waals surface area (Å²) in [5, 5.41) is 0. The molecule has 0 spiro atoms. The second-order valence-corrected chi connectivity index (χ2v) is 5.08. The minimum Gasteiger partial charge on any atom is -0.486 e. The fraction of sp³-hybridized carbons (Fsp3) is 0.235. The molecule has 3 rings (SSSR count). The number of rotatable bonds is 4. The molecule has 0 aliphatic carbocycles. The molecule has 0 amide bonds. The fourth-order valence-electron chi connectivity index (χ4n) is 2.48. The van der Waals surface area contributed by atoms with E-state index in [2.05, 4.69) is 4.98 Å². The van der Waals surface area contributed by atoms with Crippen LogP contribution in [0.3, 0.4) is 0 Å². The molecule has 0 unspecified atom stereocenters. The van der Waals surface area contributed by atoms with Gasteiger partial charge >= 0.3 is 6.18 Å². The molecule has 3 aromatic rings. The number of fused-ring (bicyclic) bond motifs is 1. The molecule has 3 nitrogen and oxygen atoms in total. The lowest BCUT2D eigenvalue weighted by Crippen LogP contribution is -2.06. The number of alkyl halides is 3. The van der Waals surface area contributed by atoms with Crippen LogP contribution < -0.4 is 4.74 Å². The van der Waals surface area contributed by atoms with Gasteiger partial charge in [0.05, 0.1) is 16.6 Å². The zero-order valence-electron chi connectivity index (χ0n) is 12.5. The Morgan fingerprint density at radius 3 is 2.48 bits per heavy atom. The van der Waals surface area contributed by atoms with Crippen LogP contribution in [-0.2, 0) is 19.3 Å². The van der Waals surface area contributed by atoms with Gasteiger partial charge in [0.15, 0.2) is 0 Å². The van der Waals surface area contributed by atoms with Gasteiger partial charge in [-0.1, -0.05) is 18.2 Å². The lowest BCUT2D eigenvalue weighted by Gasteiger charge is -2.08. The van der Waals surface area contributed by atoms with Crippen LogP contribution in [0.5, 0.6) is 5.75 Å². The summed E-state index contributed by atoms with van der Waals surface area (Å²) in [6, 6.07) is 12.8. The molecule has 1 heterocycles. The average molecular weight is 320 g/mol.